The van der Waals surface area contributed by atoms with Gasteiger partial charge in [-0.3, -0.25) is 0 Å². The van der Waals surface area contributed by atoms with Crippen LogP contribution in [-0.4, -0.2) is 29.4 Å². The number of hydrogen-bond donors (Lipinski definition) is 0. The van der Waals surface area contributed by atoms with E-state index in [2.05, 4.69) is 29.7 Å². The number of nitrogens with zero attached hydrogens (tertiary/aromatic N) is 3. The quantitative estimate of drug-likeness (QED) is 0.291. The Balaban J connectivity index is 1.58. The zero-order chi connectivity index (χ0) is 19.4. The Morgan fingerprint density at radius 1 is 1.19 bits per heavy atom. The van der Waals surface area contributed by atoms with Crippen molar-refractivity contribution in [1.29, 1.82) is 0 Å². The van der Waals surface area contributed by atoms with E-state index in [1.54, 1.807) is 6.20 Å². The van der Waals surface area contributed by atoms with E-state index in [-0.39, 0.29) is 0 Å². The van der Waals surface area contributed by atoms with Gasteiger partial charge in [-0.05, 0) is 42.6 Å². The number of aromatic nitrogens is 3. The summed E-state index contributed by atoms with van der Waals surface area (Å²) in [5.41, 5.74) is 2.12. The molecule has 7 heteroatoms. The minimum absolute atomic E-state index is 0.463. The topological polar surface area (TPSA) is 49.2 Å². The van der Waals surface area contributed by atoms with Gasteiger partial charge < -0.3 is 9.47 Å². The molecule has 5 nitrogen and oxygen atoms in total. The third-order valence-electron chi connectivity index (χ3n) is 4.50. The van der Waals surface area contributed by atoms with Gasteiger partial charge in [-0.1, -0.05) is 31.2 Å². The average Bonchev–Trinajstić information content (AvgIpc) is 2.96. The van der Waals surface area contributed by atoms with Crippen molar-refractivity contribution < 1.29 is 9.47 Å². The first-order chi connectivity index (χ1) is 12.8. The van der Waals surface area contributed by atoms with E-state index < -0.39 is 8.07 Å². The van der Waals surface area contributed by atoms with Crippen LogP contribution in [0.3, 0.4) is 0 Å². The van der Waals surface area contributed by atoms with E-state index in [0.717, 1.165) is 40.4 Å². The lowest BCUT2D eigenvalue weighted by Crippen LogP contribution is -2.22. The van der Waals surface area contributed by atoms with Crippen molar-refractivity contribution in [3.05, 3.63) is 53.1 Å². The molecule has 0 atom stereocenters. The zero-order valence-corrected chi connectivity index (χ0v) is 18.1. The highest BCUT2D eigenvalue weighted by Crippen LogP contribution is 2.26. The van der Waals surface area contributed by atoms with Gasteiger partial charge in [0.25, 0.3) is 0 Å². The van der Waals surface area contributed by atoms with Gasteiger partial charge in [-0.25, -0.2) is 9.67 Å². The SMILES string of the molecule is Cc1c(COc2ccc3c(Cl)nccc3c2)cnn1COCC[Si](C)(C)C. The van der Waals surface area contributed by atoms with Gasteiger partial charge in [-0.2, -0.15) is 5.10 Å². The second kappa shape index (κ2) is 8.42. The summed E-state index contributed by atoms with van der Waals surface area (Å²) < 4.78 is 13.6. The van der Waals surface area contributed by atoms with Crippen molar-refractivity contribution in [1.82, 2.24) is 14.8 Å². The second-order valence-electron chi connectivity index (χ2n) is 7.88. The molecule has 0 aliphatic carbocycles. The summed E-state index contributed by atoms with van der Waals surface area (Å²) in [6, 6.07) is 8.90. The number of halogens is 1. The standard InChI is InChI=1S/C20H26ClN3O2Si/c1-15-17(12-23-24(15)14-25-9-10-27(2,3)4)13-26-18-5-6-19-16(11-18)7-8-22-20(19)21/h5-8,11-12H,9-10,13-14H2,1-4H3. The molecule has 2 heterocycles. The average molecular weight is 404 g/mol. The normalized spacial score (nSPS) is 11.9. The van der Waals surface area contributed by atoms with Crippen LogP contribution in [-0.2, 0) is 18.1 Å². The lowest BCUT2D eigenvalue weighted by atomic mass is 10.2. The maximum absolute atomic E-state index is 6.11. The van der Waals surface area contributed by atoms with Crippen LogP contribution in [0, 0.1) is 6.92 Å². The first-order valence-corrected chi connectivity index (χ1v) is 13.2. The molecule has 3 rings (SSSR count). The summed E-state index contributed by atoms with van der Waals surface area (Å²) >= 11 is 6.11. The summed E-state index contributed by atoms with van der Waals surface area (Å²) in [4.78, 5) is 4.09. The molecule has 0 saturated heterocycles. The smallest absolute Gasteiger partial charge is 0.139 e. The van der Waals surface area contributed by atoms with Crippen LogP contribution in [0.15, 0.2) is 36.7 Å². The number of hydrogen-bond acceptors (Lipinski definition) is 4. The Bertz CT molecular complexity index is 921. The molecule has 0 radical (unpaired) electrons. The van der Waals surface area contributed by atoms with E-state index in [1.807, 2.05) is 42.1 Å². The third-order valence-corrected chi connectivity index (χ3v) is 6.50. The van der Waals surface area contributed by atoms with E-state index in [9.17, 15) is 0 Å². The predicted octanol–water partition coefficient (Wildman–Crippen LogP) is 5.28. The Hall–Kier alpha value is -1.89. The molecular weight excluding hydrogens is 378 g/mol. The zero-order valence-electron chi connectivity index (χ0n) is 16.3. The van der Waals surface area contributed by atoms with Gasteiger partial charge in [0.1, 0.15) is 24.2 Å². The Kier molecular flexibility index (Phi) is 6.19. The highest BCUT2D eigenvalue weighted by atomic mass is 35.5. The fourth-order valence-corrected chi connectivity index (χ4v) is 3.64. The summed E-state index contributed by atoms with van der Waals surface area (Å²) in [5, 5.41) is 6.86. The molecule has 0 aliphatic heterocycles. The number of benzene rings is 1. The molecule has 0 saturated carbocycles. The van der Waals surface area contributed by atoms with Gasteiger partial charge >= 0.3 is 0 Å². The summed E-state index contributed by atoms with van der Waals surface area (Å²) in [5.74, 6) is 0.795. The van der Waals surface area contributed by atoms with Gasteiger partial charge in [0.2, 0.25) is 0 Å². The number of fused-ring (bicyclic) bond motifs is 1. The van der Waals surface area contributed by atoms with Crippen molar-refractivity contribution in [2.24, 2.45) is 0 Å². The molecule has 3 aromatic rings. The number of ether oxygens (including phenoxy) is 2. The van der Waals surface area contributed by atoms with Crippen LogP contribution in [0.25, 0.3) is 10.8 Å². The van der Waals surface area contributed by atoms with Crippen LogP contribution < -0.4 is 4.74 Å². The van der Waals surface area contributed by atoms with Crippen molar-refractivity contribution in [3.63, 3.8) is 0 Å². The van der Waals surface area contributed by atoms with Crippen molar-refractivity contribution in [3.8, 4) is 5.75 Å². The van der Waals surface area contributed by atoms with Gasteiger partial charge in [-0.15, -0.1) is 0 Å². The second-order valence-corrected chi connectivity index (χ2v) is 13.9. The molecule has 0 bridgehead atoms. The Labute approximate surface area is 166 Å². The number of pyridine rings is 1. The van der Waals surface area contributed by atoms with Crippen molar-refractivity contribution >= 4 is 30.4 Å². The molecule has 0 spiro atoms. The van der Waals surface area contributed by atoms with Crippen molar-refractivity contribution in [2.75, 3.05) is 6.61 Å². The minimum Gasteiger partial charge on any atom is -0.489 e. The molecule has 1 aromatic carbocycles. The molecule has 27 heavy (non-hydrogen) atoms. The third kappa shape index (κ3) is 5.31. The Morgan fingerprint density at radius 3 is 2.78 bits per heavy atom. The monoisotopic (exact) mass is 403 g/mol. The molecule has 0 fully saturated rings. The first kappa shape index (κ1) is 19.9. The Morgan fingerprint density at radius 2 is 2.00 bits per heavy atom. The van der Waals surface area contributed by atoms with Crippen LogP contribution >= 0.6 is 11.6 Å². The van der Waals surface area contributed by atoms with E-state index >= 15 is 0 Å². The van der Waals surface area contributed by atoms with E-state index in [0.29, 0.717) is 18.5 Å². The largest absolute Gasteiger partial charge is 0.489 e. The first-order valence-electron chi connectivity index (χ1n) is 9.09. The molecule has 144 valence electrons. The van der Waals surface area contributed by atoms with Crippen LogP contribution in [0.1, 0.15) is 11.3 Å². The lowest BCUT2D eigenvalue weighted by molar-refractivity contribution is 0.0770. The summed E-state index contributed by atoms with van der Waals surface area (Å²) in [6.45, 7) is 10.8. The summed E-state index contributed by atoms with van der Waals surface area (Å²) in [7, 11) is -1.06. The van der Waals surface area contributed by atoms with Gasteiger partial charge in [0.15, 0.2) is 0 Å². The molecule has 0 aliphatic rings. The number of rotatable bonds is 8. The highest BCUT2D eigenvalue weighted by Gasteiger charge is 2.13. The van der Waals surface area contributed by atoms with E-state index in [4.69, 9.17) is 21.1 Å². The predicted molar refractivity (Wildman–Crippen MR) is 112 cm³/mol. The molecule has 0 N–H and O–H groups in total. The molecular formula is C20H26ClN3O2Si. The minimum atomic E-state index is -1.06. The van der Waals surface area contributed by atoms with Crippen molar-refractivity contribution in [2.45, 2.75) is 45.9 Å². The lowest BCUT2D eigenvalue weighted by Gasteiger charge is -2.15. The maximum Gasteiger partial charge on any atom is 0.139 e. The fraction of sp³-hybridized carbons (Fsp3) is 0.400. The molecule has 2 aromatic heterocycles. The van der Waals surface area contributed by atoms with Gasteiger partial charge in [0, 0.05) is 37.5 Å². The maximum atomic E-state index is 6.11. The molecule has 0 unspecified atom stereocenters. The highest BCUT2D eigenvalue weighted by molar-refractivity contribution is 6.76. The van der Waals surface area contributed by atoms with Gasteiger partial charge in [0.05, 0.1) is 6.20 Å². The molecule has 0 amide bonds. The fourth-order valence-electron chi connectivity index (χ4n) is 2.66. The summed E-state index contributed by atoms with van der Waals surface area (Å²) in [6.07, 6.45) is 3.55. The van der Waals surface area contributed by atoms with Crippen LogP contribution in [0.4, 0.5) is 0 Å². The van der Waals surface area contributed by atoms with Crippen LogP contribution in [0.5, 0.6) is 5.75 Å². The van der Waals surface area contributed by atoms with E-state index in [1.165, 1.54) is 0 Å². The van der Waals surface area contributed by atoms with Crippen LogP contribution in [0.2, 0.25) is 30.8 Å².